The first-order valence-corrected chi connectivity index (χ1v) is 10.4. The molecular formula is C17H15Cl3N2O3S. The van der Waals surface area contributed by atoms with Crippen molar-refractivity contribution in [3.8, 4) is 0 Å². The van der Waals surface area contributed by atoms with Gasteiger partial charge in [0.2, 0.25) is 10.0 Å². The first kappa shape index (κ1) is 19.5. The molecule has 0 bridgehead atoms. The number of benzene rings is 2. The number of carbonyl (C=O) groups excluding carboxylic acids is 1. The molecule has 1 heterocycles. The standard InChI is InChI=1S/C17H15Cl3N2O3S/c18-13-6-4-12(5-7-13)17(23)21-8-10-22(11-9-21)26(24,25)15-3-1-2-14(19)16(15)20/h1-7H,8-11H2. The molecular weight excluding hydrogens is 419 g/mol. The van der Waals surface area contributed by atoms with Gasteiger partial charge < -0.3 is 4.90 Å². The third-order valence-electron chi connectivity index (χ3n) is 4.15. The molecule has 5 nitrogen and oxygen atoms in total. The largest absolute Gasteiger partial charge is 0.336 e. The van der Waals surface area contributed by atoms with E-state index in [2.05, 4.69) is 0 Å². The Labute approximate surface area is 167 Å². The molecule has 3 rings (SSSR count). The lowest BCUT2D eigenvalue weighted by atomic mass is 10.2. The molecule has 0 atom stereocenters. The molecule has 1 aliphatic rings. The molecule has 2 aromatic rings. The molecule has 0 aromatic heterocycles. The number of amides is 1. The van der Waals surface area contributed by atoms with Gasteiger partial charge in [-0.3, -0.25) is 4.79 Å². The Morgan fingerprint density at radius 2 is 1.50 bits per heavy atom. The van der Waals surface area contributed by atoms with Crippen LogP contribution in [0.15, 0.2) is 47.4 Å². The van der Waals surface area contributed by atoms with Crippen LogP contribution in [-0.4, -0.2) is 49.7 Å². The van der Waals surface area contributed by atoms with E-state index in [1.54, 1.807) is 35.2 Å². The van der Waals surface area contributed by atoms with E-state index in [4.69, 9.17) is 34.8 Å². The van der Waals surface area contributed by atoms with E-state index in [1.165, 1.54) is 16.4 Å². The number of halogens is 3. The quantitative estimate of drug-likeness (QED) is 0.740. The number of carbonyl (C=O) groups is 1. The van der Waals surface area contributed by atoms with Crippen LogP contribution in [0.2, 0.25) is 15.1 Å². The third kappa shape index (κ3) is 3.85. The van der Waals surface area contributed by atoms with Crippen LogP contribution in [0, 0.1) is 0 Å². The minimum Gasteiger partial charge on any atom is -0.336 e. The zero-order chi connectivity index (χ0) is 18.9. The first-order chi connectivity index (χ1) is 12.3. The van der Waals surface area contributed by atoms with Crippen LogP contribution in [0.1, 0.15) is 10.4 Å². The summed E-state index contributed by atoms with van der Waals surface area (Å²) in [6.07, 6.45) is 0. The topological polar surface area (TPSA) is 57.7 Å². The summed E-state index contributed by atoms with van der Waals surface area (Å²) in [7, 11) is -3.77. The van der Waals surface area contributed by atoms with Crippen molar-refractivity contribution in [2.75, 3.05) is 26.2 Å². The highest BCUT2D eigenvalue weighted by Crippen LogP contribution is 2.31. The van der Waals surface area contributed by atoms with Crippen molar-refractivity contribution in [1.82, 2.24) is 9.21 Å². The summed E-state index contributed by atoms with van der Waals surface area (Å²) in [6, 6.07) is 11.1. The SMILES string of the molecule is O=C(c1ccc(Cl)cc1)N1CCN(S(=O)(=O)c2cccc(Cl)c2Cl)CC1. The number of piperazine rings is 1. The number of nitrogens with zero attached hydrogens (tertiary/aromatic N) is 2. The zero-order valence-corrected chi connectivity index (χ0v) is 16.6. The summed E-state index contributed by atoms with van der Waals surface area (Å²) in [4.78, 5) is 14.1. The molecule has 9 heteroatoms. The van der Waals surface area contributed by atoms with Gasteiger partial charge in [-0.25, -0.2) is 8.42 Å². The fraction of sp³-hybridized carbons (Fsp3) is 0.235. The molecule has 1 aliphatic heterocycles. The summed E-state index contributed by atoms with van der Waals surface area (Å²) in [5.41, 5.74) is 0.517. The summed E-state index contributed by atoms with van der Waals surface area (Å²) >= 11 is 17.8. The average Bonchev–Trinajstić information content (AvgIpc) is 2.64. The Balaban J connectivity index is 1.72. The molecule has 26 heavy (non-hydrogen) atoms. The molecule has 0 N–H and O–H groups in total. The number of hydrogen-bond acceptors (Lipinski definition) is 3. The molecule has 1 fully saturated rings. The van der Waals surface area contributed by atoms with E-state index < -0.39 is 10.0 Å². The maximum absolute atomic E-state index is 12.8. The van der Waals surface area contributed by atoms with E-state index >= 15 is 0 Å². The van der Waals surface area contributed by atoms with Gasteiger partial charge in [-0.1, -0.05) is 40.9 Å². The third-order valence-corrected chi connectivity index (χ3v) is 7.27. The first-order valence-electron chi connectivity index (χ1n) is 7.80. The minimum absolute atomic E-state index is 0.00818. The van der Waals surface area contributed by atoms with Crippen molar-refractivity contribution in [2.24, 2.45) is 0 Å². The highest BCUT2D eigenvalue weighted by molar-refractivity contribution is 7.89. The second-order valence-electron chi connectivity index (χ2n) is 5.76. The molecule has 0 radical (unpaired) electrons. The maximum atomic E-state index is 12.8. The van der Waals surface area contributed by atoms with E-state index in [0.717, 1.165) is 0 Å². The van der Waals surface area contributed by atoms with Crippen molar-refractivity contribution in [3.05, 3.63) is 63.1 Å². The van der Waals surface area contributed by atoms with Crippen LogP contribution in [0.25, 0.3) is 0 Å². The predicted octanol–water partition coefficient (Wildman–Crippen LogP) is 3.79. The van der Waals surface area contributed by atoms with Gasteiger partial charge in [0.1, 0.15) is 4.90 Å². The van der Waals surface area contributed by atoms with Crippen molar-refractivity contribution >= 4 is 50.7 Å². The highest BCUT2D eigenvalue weighted by Gasteiger charge is 2.32. The molecule has 2 aromatic carbocycles. The number of rotatable bonds is 3. The van der Waals surface area contributed by atoms with Crippen LogP contribution >= 0.6 is 34.8 Å². The van der Waals surface area contributed by atoms with Crippen molar-refractivity contribution < 1.29 is 13.2 Å². The molecule has 1 amide bonds. The normalized spacial score (nSPS) is 15.9. The average molecular weight is 434 g/mol. The molecule has 1 saturated heterocycles. The van der Waals surface area contributed by atoms with Gasteiger partial charge in [0.05, 0.1) is 10.0 Å². The van der Waals surface area contributed by atoms with E-state index in [-0.39, 0.29) is 33.9 Å². The summed E-state index contributed by atoms with van der Waals surface area (Å²) in [6.45, 7) is 0.951. The predicted molar refractivity (Wildman–Crippen MR) is 103 cm³/mol. The van der Waals surface area contributed by atoms with E-state index in [0.29, 0.717) is 23.7 Å². The van der Waals surface area contributed by atoms with Crippen LogP contribution < -0.4 is 0 Å². The van der Waals surface area contributed by atoms with Crippen molar-refractivity contribution in [3.63, 3.8) is 0 Å². The Morgan fingerprint density at radius 3 is 2.12 bits per heavy atom. The van der Waals surface area contributed by atoms with Gasteiger partial charge in [0, 0.05) is 36.8 Å². The second kappa shape index (κ2) is 7.74. The van der Waals surface area contributed by atoms with Crippen LogP contribution in [0.3, 0.4) is 0 Å². The zero-order valence-electron chi connectivity index (χ0n) is 13.5. The molecule has 138 valence electrons. The summed E-state index contributed by atoms with van der Waals surface area (Å²) in [5.74, 6) is -0.153. The summed E-state index contributed by atoms with van der Waals surface area (Å²) < 4.78 is 26.9. The highest BCUT2D eigenvalue weighted by atomic mass is 35.5. The van der Waals surface area contributed by atoms with Gasteiger partial charge in [-0.2, -0.15) is 4.31 Å². The molecule has 0 spiro atoms. The molecule has 0 unspecified atom stereocenters. The lowest BCUT2D eigenvalue weighted by Crippen LogP contribution is -2.50. The van der Waals surface area contributed by atoms with Gasteiger partial charge >= 0.3 is 0 Å². The van der Waals surface area contributed by atoms with E-state index in [9.17, 15) is 13.2 Å². The van der Waals surface area contributed by atoms with Crippen LogP contribution in [-0.2, 0) is 10.0 Å². The van der Waals surface area contributed by atoms with Crippen LogP contribution in [0.5, 0.6) is 0 Å². The Kier molecular flexibility index (Phi) is 5.79. The Bertz CT molecular complexity index is 925. The number of sulfonamides is 1. The Morgan fingerprint density at radius 1 is 0.885 bits per heavy atom. The van der Waals surface area contributed by atoms with E-state index in [1.807, 2.05) is 0 Å². The Hall–Kier alpha value is -1.31. The molecule has 0 aliphatic carbocycles. The smallest absolute Gasteiger partial charge is 0.253 e. The van der Waals surface area contributed by atoms with Crippen molar-refractivity contribution in [2.45, 2.75) is 4.90 Å². The lowest BCUT2D eigenvalue weighted by Gasteiger charge is -2.34. The summed E-state index contributed by atoms with van der Waals surface area (Å²) in [5, 5.41) is 0.744. The minimum atomic E-state index is -3.77. The fourth-order valence-corrected chi connectivity index (χ4v) is 5.01. The monoisotopic (exact) mass is 432 g/mol. The fourth-order valence-electron chi connectivity index (χ4n) is 2.73. The lowest BCUT2D eigenvalue weighted by molar-refractivity contribution is 0.0698. The number of hydrogen-bond donors (Lipinski definition) is 0. The van der Waals surface area contributed by atoms with Gasteiger partial charge in [-0.15, -0.1) is 0 Å². The van der Waals surface area contributed by atoms with Gasteiger partial charge in [0.25, 0.3) is 5.91 Å². The maximum Gasteiger partial charge on any atom is 0.253 e. The molecule has 0 saturated carbocycles. The van der Waals surface area contributed by atoms with Gasteiger partial charge in [-0.05, 0) is 36.4 Å². The van der Waals surface area contributed by atoms with Crippen molar-refractivity contribution in [1.29, 1.82) is 0 Å². The van der Waals surface area contributed by atoms with Gasteiger partial charge in [0.15, 0.2) is 0 Å². The van der Waals surface area contributed by atoms with Crippen LogP contribution in [0.4, 0.5) is 0 Å². The second-order valence-corrected chi connectivity index (χ2v) is 8.88.